The third-order valence-electron chi connectivity index (χ3n) is 2.50. The van der Waals surface area contributed by atoms with Gasteiger partial charge in [0.1, 0.15) is 17.9 Å². The first-order valence-corrected chi connectivity index (χ1v) is 5.65. The van der Waals surface area contributed by atoms with Gasteiger partial charge in [0.2, 0.25) is 5.91 Å². The standard InChI is InChI=1S/C13H17NO5/c1-17-10-5-4-9(11(6-10)18-2)8-14-12(15)7-13(16)19-3/h4-6H,7-8H2,1-3H3,(H,14,15). The first kappa shape index (κ1) is 14.8. The largest absolute Gasteiger partial charge is 0.497 e. The fourth-order valence-corrected chi connectivity index (χ4v) is 1.46. The normalized spacial score (nSPS) is 9.63. The van der Waals surface area contributed by atoms with Crippen LogP contribution in [0.1, 0.15) is 12.0 Å². The van der Waals surface area contributed by atoms with Gasteiger partial charge in [-0.1, -0.05) is 0 Å². The number of hydrogen-bond acceptors (Lipinski definition) is 5. The fourth-order valence-electron chi connectivity index (χ4n) is 1.46. The second-order valence-electron chi connectivity index (χ2n) is 3.71. The van der Waals surface area contributed by atoms with Gasteiger partial charge in [-0.2, -0.15) is 0 Å². The van der Waals surface area contributed by atoms with Crippen molar-refractivity contribution in [1.82, 2.24) is 5.32 Å². The number of carbonyl (C=O) groups excluding carboxylic acids is 2. The van der Waals surface area contributed by atoms with Gasteiger partial charge >= 0.3 is 5.97 Å². The van der Waals surface area contributed by atoms with Crippen LogP contribution in [0.4, 0.5) is 0 Å². The van der Waals surface area contributed by atoms with Crippen LogP contribution in [0.15, 0.2) is 18.2 Å². The molecule has 6 heteroatoms. The molecule has 0 aliphatic rings. The zero-order valence-corrected chi connectivity index (χ0v) is 11.2. The van der Waals surface area contributed by atoms with Crippen molar-refractivity contribution in [3.8, 4) is 11.5 Å². The molecule has 0 radical (unpaired) electrons. The molecule has 0 bridgehead atoms. The second kappa shape index (κ2) is 7.25. The molecular weight excluding hydrogens is 250 g/mol. The molecular formula is C13H17NO5. The Labute approximate surface area is 111 Å². The van der Waals surface area contributed by atoms with Crippen molar-refractivity contribution < 1.29 is 23.8 Å². The van der Waals surface area contributed by atoms with Gasteiger partial charge in [-0.3, -0.25) is 9.59 Å². The number of nitrogens with one attached hydrogen (secondary N) is 1. The van der Waals surface area contributed by atoms with Crippen molar-refractivity contribution in [2.24, 2.45) is 0 Å². The molecule has 0 heterocycles. The lowest BCUT2D eigenvalue weighted by atomic mass is 10.2. The van der Waals surface area contributed by atoms with Crippen LogP contribution in [-0.2, 0) is 20.9 Å². The van der Waals surface area contributed by atoms with E-state index in [4.69, 9.17) is 9.47 Å². The molecule has 0 aliphatic heterocycles. The van der Waals surface area contributed by atoms with Crippen molar-refractivity contribution >= 4 is 11.9 Å². The monoisotopic (exact) mass is 267 g/mol. The minimum atomic E-state index is -0.570. The summed E-state index contributed by atoms with van der Waals surface area (Å²) in [5, 5.41) is 2.62. The first-order chi connectivity index (χ1) is 9.10. The molecule has 0 atom stereocenters. The van der Waals surface area contributed by atoms with Gasteiger partial charge in [0.15, 0.2) is 0 Å². The quantitative estimate of drug-likeness (QED) is 0.612. The van der Waals surface area contributed by atoms with E-state index in [1.807, 2.05) is 0 Å². The summed E-state index contributed by atoms with van der Waals surface area (Å²) < 4.78 is 14.7. The molecule has 0 saturated carbocycles. The van der Waals surface area contributed by atoms with Crippen LogP contribution in [0.25, 0.3) is 0 Å². The van der Waals surface area contributed by atoms with Crippen molar-refractivity contribution in [2.75, 3.05) is 21.3 Å². The molecule has 0 spiro atoms. The molecule has 104 valence electrons. The predicted molar refractivity (Wildman–Crippen MR) is 68.0 cm³/mol. The van der Waals surface area contributed by atoms with E-state index in [1.165, 1.54) is 14.2 Å². The van der Waals surface area contributed by atoms with Crippen molar-refractivity contribution in [3.63, 3.8) is 0 Å². The van der Waals surface area contributed by atoms with Crippen molar-refractivity contribution in [1.29, 1.82) is 0 Å². The fraction of sp³-hybridized carbons (Fsp3) is 0.385. The van der Waals surface area contributed by atoms with Gasteiger partial charge in [-0.05, 0) is 12.1 Å². The number of benzene rings is 1. The summed E-state index contributed by atoms with van der Waals surface area (Å²) in [6.07, 6.45) is -0.297. The molecule has 0 saturated heterocycles. The smallest absolute Gasteiger partial charge is 0.315 e. The molecule has 1 N–H and O–H groups in total. The number of carbonyl (C=O) groups is 2. The summed E-state index contributed by atoms with van der Waals surface area (Å²) in [6.45, 7) is 0.267. The third-order valence-corrected chi connectivity index (χ3v) is 2.50. The van der Waals surface area contributed by atoms with Gasteiger partial charge in [-0.25, -0.2) is 0 Å². The van der Waals surface area contributed by atoms with Gasteiger partial charge in [0.25, 0.3) is 0 Å². The minimum Gasteiger partial charge on any atom is -0.497 e. The number of methoxy groups -OCH3 is 3. The molecule has 0 fully saturated rings. The highest BCUT2D eigenvalue weighted by Crippen LogP contribution is 2.24. The number of hydrogen-bond donors (Lipinski definition) is 1. The summed E-state index contributed by atoms with van der Waals surface area (Å²) in [4.78, 5) is 22.3. The lowest BCUT2D eigenvalue weighted by Gasteiger charge is -2.11. The number of esters is 1. The maximum Gasteiger partial charge on any atom is 0.315 e. The maximum absolute atomic E-state index is 11.4. The molecule has 1 rings (SSSR count). The van der Waals surface area contributed by atoms with Crippen LogP contribution in [0.3, 0.4) is 0 Å². The van der Waals surface area contributed by atoms with E-state index in [0.717, 1.165) is 5.56 Å². The Kier molecular flexibility index (Phi) is 5.66. The van der Waals surface area contributed by atoms with Crippen LogP contribution in [0.2, 0.25) is 0 Å². The topological polar surface area (TPSA) is 73.9 Å². The molecule has 0 aromatic heterocycles. The first-order valence-electron chi connectivity index (χ1n) is 5.65. The average Bonchev–Trinajstić information content (AvgIpc) is 2.44. The highest BCUT2D eigenvalue weighted by atomic mass is 16.5. The number of ether oxygens (including phenoxy) is 3. The van der Waals surface area contributed by atoms with Crippen LogP contribution in [0.5, 0.6) is 11.5 Å². The molecule has 0 unspecified atom stereocenters. The Bertz CT molecular complexity index is 458. The zero-order chi connectivity index (χ0) is 14.3. The van der Waals surface area contributed by atoms with Crippen LogP contribution in [0, 0.1) is 0 Å². The van der Waals surface area contributed by atoms with Crippen LogP contribution >= 0.6 is 0 Å². The zero-order valence-electron chi connectivity index (χ0n) is 11.2. The number of amides is 1. The predicted octanol–water partition coefficient (Wildman–Crippen LogP) is 0.883. The molecule has 6 nitrogen and oxygen atoms in total. The molecule has 19 heavy (non-hydrogen) atoms. The van der Waals surface area contributed by atoms with Crippen molar-refractivity contribution in [3.05, 3.63) is 23.8 Å². The number of rotatable bonds is 6. The van der Waals surface area contributed by atoms with Gasteiger partial charge in [0, 0.05) is 18.2 Å². The van der Waals surface area contributed by atoms with E-state index in [-0.39, 0.29) is 13.0 Å². The Hall–Kier alpha value is -2.24. The van der Waals surface area contributed by atoms with E-state index in [1.54, 1.807) is 25.3 Å². The molecule has 1 aromatic rings. The molecule has 0 aliphatic carbocycles. The highest BCUT2D eigenvalue weighted by Gasteiger charge is 2.10. The average molecular weight is 267 g/mol. The maximum atomic E-state index is 11.4. The third kappa shape index (κ3) is 4.50. The van der Waals surface area contributed by atoms with E-state index < -0.39 is 11.9 Å². The van der Waals surface area contributed by atoms with Crippen molar-refractivity contribution in [2.45, 2.75) is 13.0 Å². The van der Waals surface area contributed by atoms with E-state index in [9.17, 15) is 9.59 Å². The summed E-state index contributed by atoms with van der Waals surface area (Å²) in [5.74, 6) is 0.308. The van der Waals surface area contributed by atoms with Gasteiger partial charge < -0.3 is 19.5 Å². The van der Waals surface area contributed by atoms with Gasteiger partial charge in [-0.15, -0.1) is 0 Å². The second-order valence-corrected chi connectivity index (χ2v) is 3.71. The Balaban J connectivity index is 2.62. The molecule has 1 amide bonds. The molecule has 1 aromatic carbocycles. The Morgan fingerprint density at radius 1 is 1.16 bits per heavy atom. The van der Waals surface area contributed by atoms with Crippen LogP contribution < -0.4 is 14.8 Å². The lowest BCUT2D eigenvalue weighted by molar-refractivity contribution is -0.143. The van der Waals surface area contributed by atoms with Gasteiger partial charge in [0.05, 0.1) is 21.3 Å². The van der Waals surface area contributed by atoms with E-state index in [2.05, 4.69) is 10.1 Å². The minimum absolute atomic E-state index is 0.267. The highest BCUT2D eigenvalue weighted by molar-refractivity contribution is 5.94. The summed E-state index contributed by atoms with van der Waals surface area (Å²) >= 11 is 0. The van der Waals surface area contributed by atoms with Crippen LogP contribution in [-0.4, -0.2) is 33.2 Å². The summed E-state index contributed by atoms with van der Waals surface area (Å²) in [7, 11) is 4.34. The van der Waals surface area contributed by atoms with E-state index in [0.29, 0.717) is 11.5 Å². The Morgan fingerprint density at radius 2 is 1.89 bits per heavy atom. The lowest BCUT2D eigenvalue weighted by Crippen LogP contribution is -2.25. The summed E-state index contributed by atoms with van der Waals surface area (Å²) in [6, 6.07) is 5.28. The Morgan fingerprint density at radius 3 is 2.47 bits per heavy atom. The van der Waals surface area contributed by atoms with E-state index >= 15 is 0 Å². The SMILES string of the molecule is COC(=O)CC(=O)NCc1ccc(OC)cc1OC. The summed E-state index contributed by atoms with van der Waals surface area (Å²) in [5.41, 5.74) is 0.793.